The summed E-state index contributed by atoms with van der Waals surface area (Å²) in [7, 11) is 1.92. The van der Waals surface area contributed by atoms with Crippen molar-refractivity contribution in [1.29, 1.82) is 0 Å². The fraction of sp³-hybridized carbons (Fsp3) is 0.720. The SMILES string of the molecule is CNc1cnccc1NCCCN(CCCCCCCC=O)CCCCCCCC=O. The van der Waals surface area contributed by atoms with E-state index in [0.29, 0.717) is 12.8 Å². The largest absolute Gasteiger partial charge is 0.385 e. The van der Waals surface area contributed by atoms with Gasteiger partial charge >= 0.3 is 0 Å². The number of nitrogens with one attached hydrogen (secondary N) is 2. The second kappa shape index (κ2) is 20.0. The topological polar surface area (TPSA) is 74.3 Å². The van der Waals surface area contributed by atoms with Crippen LogP contribution in [0.2, 0.25) is 0 Å². The fourth-order valence-electron chi connectivity index (χ4n) is 3.80. The number of aromatic nitrogens is 1. The molecule has 176 valence electrons. The molecule has 0 amide bonds. The van der Waals surface area contributed by atoms with Crippen molar-refractivity contribution in [2.75, 3.05) is 43.9 Å². The lowest BCUT2D eigenvalue weighted by molar-refractivity contribution is -0.108. The Morgan fingerprint density at radius 2 is 1.32 bits per heavy atom. The van der Waals surface area contributed by atoms with Gasteiger partial charge in [0.05, 0.1) is 17.6 Å². The van der Waals surface area contributed by atoms with E-state index in [1.54, 1.807) is 0 Å². The van der Waals surface area contributed by atoms with Crippen LogP contribution in [-0.4, -0.2) is 55.7 Å². The van der Waals surface area contributed by atoms with E-state index in [1.165, 1.54) is 51.4 Å². The summed E-state index contributed by atoms with van der Waals surface area (Å²) in [6.45, 7) is 4.39. The van der Waals surface area contributed by atoms with Crippen LogP contribution in [0.15, 0.2) is 18.5 Å². The second-order valence-electron chi connectivity index (χ2n) is 8.24. The zero-order chi connectivity index (χ0) is 22.4. The molecular weight excluding hydrogens is 388 g/mol. The fourth-order valence-corrected chi connectivity index (χ4v) is 3.80. The number of carbonyl (C=O) groups is 2. The lowest BCUT2D eigenvalue weighted by Crippen LogP contribution is -2.28. The molecule has 0 aliphatic rings. The molecular formula is C25H44N4O2. The molecule has 0 aliphatic carbocycles. The lowest BCUT2D eigenvalue weighted by Gasteiger charge is -2.23. The minimum atomic E-state index is 0.707. The van der Waals surface area contributed by atoms with Crippen LogP contribution in [0.5, 0.6) is 0 Å². The molecule has 0 radical (unpaired) electrons. The van der Waals surface area contributed by atoms with Crippen molar-refractivity contribution < 1.29 is 9.59 Å². The summed E-state index contributed by atoms with van der Waals surface area (Å²) in [6, 6.07) is 2.01. The Morgan fingerprint density at radius 3 is 1.90 bits per heavy atom. The highest BCUT2D eigenvalue weighted by Gasteiger charge is 2.06. The third kappa shape index (κ3) is 14.6. The van der Waals surface area contributed by atoms with Gasteiger partial charge in [0.25, 0.3) is 0 Å². The molecule has 0 atom stereocenters. The van der Waals surface area contributed by atoms with E-state index in [2.05, 4.69) is 20.5 Å². The first-order valence-corrected chi connectivity index (χ1v) is 12.3. The summed E-state index contributed by atoms with van der Waals surface area (Å²) in [6.07, 6.45) is 20.1. The van der Waals surface area contributed by atoms with Gasteiger partial charge in [-0.3, -0.25) is 4.98 Å². The number of carbonyl (C=O) groups excluding carboxylic acids is 2. The van der Waals surface area contributed by atoms with Crippen LogP contribution in [0.1, 0.15) is 83.5 Å². The number of hydrogen-bond acceptors (Lipinski definition) is 6. The first-order chi connectivity index (χ1) is 15.3. The molecule has 0 bridgehead atoms. The van der Waals surface area contributed by atoms with Crippen LogP contribution in [0.3, 0.4) is 0 Å². The Morgan fingerprint density at radius 1 is 0.774 bits per heavy atom. The normalized spacial score (nSPS) is 10.9. The lowest BCUT2D eigenvalue weighted by atomic mass is 10.1. The molecule has 0 fully saturated rings. The summed E-state index contributed by atoms with van der Waals surface area (Å²) in [5.74, 6) is 0. The monoisotopic (exact) mass is 432 g/mol. The van der Waals surface area contributed by atoms with Crippen molar-refractivity contribution in [2.24, 2.45) is 0 Å². The summed E-state index contributed by atoms with van der Waals surface area (Å²) in [5, 5.41) is 6.70. The third-order valence-electron chi connectivity index (χ3n) is 5.65. The zero-order valence-electron chi connectivity index (χ0n) is 19.6. The average Bonchev–Trinajstić information content (AvgIpc) is 2.80. The maximum atomic E-state index is 10.4. The molecule has 0 spiro atoms. The molecule has 0 aliphatic heterocycles. The first-order valence-electron chi connectivity index (χ1n) is 12.3. The minimum Gasteiger partial charge on any atom is -0.385 e. The molecule has 0 unspecified atom stereocenters. The molecule has 0 saturated carbocycles. The van der Waals surface area contributed by atoms with Crippen LogP contribution in [0.4, 0.5) is 11.4 Å². The molecule has 1 aromatic rings. The highest BCUT2D eigenvalue weighted by molar-refractivity contribution is 5.66. The highest BCUT2D eigenvalue weighted by Crippen LogP contribution is 2.18. The van der Waals surface area contributed by atoms with E-state index in [1.807, 2.05) is 25.5 Å². The minimum absolute atomic E-state index is 0.707. The number of pyridine rings is 1. The number of nitrogens with zero attached hydrogens (tertiary/aromatic N) is 2. The van der Waals surface area contributed by atoms with Crippen LogP contribution in [-0.2, 0) is 9.59 Å². The standard InChI is InChI=1S/C25H44N4O2/c1-26-25-23-27-17-15-24(25)28-16-14-20-29(18-10-6-2-4-8-12-21-30)19-11-7-3-5-9-13-22-31/h15,17,21-23,26H,2-14,16,18-20H2,1H3,(H,27,28). The van der Waals surface area contributed by atoms with Crippen molar-refractivity contribution in [2.45, 2.75) is 83.5 Å². The van der Waals surface area contributed by atoms with Gasteiger partial charge in [-0.2, -0.15) is 0 Å². The maximum Gasteiger partial charge on any atom is 0.119 e. The van der Waals surface area contributed by atoms with E-state index in [0.717, 1.165) is 69.4 Å². The Balaban J connectivity index is 2.27. The van der Waals surface area contributed by atoms with Crippen molar-refractivity contribution in [1.82, 2.24) is 9.88 Å². The van der Waals surface area contributed by atoms with Crippen molar-refractivity contribution in [3.63, 3.8) is 0 Å². The van der Waals surface area contributed by atoms with Gasteiger partial charge in [0.1, 0.15) is 12.6 Å². The van der Waals surface area contributed by atoms with Crippen molar-refractivity contribution in [3.8, 4) is 0 Å². The van der Waals surface area contributed by atoms with E-state index in [4.69, 9.17) is 0 Å². The summed E-state index contributed by atoms with van der Waals surface area (Å²) in [4.78, 5) is 27.6. The molecule has 1 aromatic heterocycles. The van der Waals surface area contributed by atoms with E-state index < -0.39 is 0 Å². The Bertz CT molecular complexity index is 546. The van der Waals surface area contributed by atoms with E-state index in [9.17, 15) is 9.59 Å². The Labute approximate surface area is 189 Å². The van der Waals surface area contributed by atoms with E-state index >= 15 is 0 Å². The zero-order valence-corrected chi connectivity index (χ0v) is 19.6. The third-order valence-corrected chi connectivity index (χ3v) is 5.65. The predicted octanol–water partition coefficient (Wildman–Crippen LogP) is 5.31. The molecule has 0 aromatic carbocycles. The van der Waals surface area contributed by atoms with Gasteiger partial charge in [0.2, 0.25) is 0 Å². The number of rotatable bonds is 22. The highest BCUT2D eigenvalue weighted by atomic mass is 16.1. The molecule has 6 nitrogen and oxygen atoms in total. The number of unbranched alkanes of at least 4 members (excludes halogenated alkanes) is 10. The maximum absolute atomic E-state index is 10.4. The van der Waals surface area contributed by atoms with Crippen LogP contribution >= 0.6 is 0 Å². The van der Waals surface area contributed by atoms with Gasteiger partial charge in [-0.1, -0.05) is 38.5 Å². The smallest absolute Gasteiger partial charge is 0.119 e. The van der Waals surface area contributed by atoms with Crippen molar-refractivity contribution in [3.05, 3.63) is 18.5 Å². The van der Waals surface area contributed by atoms with Crippen LogP contribution in [0, 0.1) is 0 Å². The van der Waals surface area contributed by atoms with Crippen molar-refractivity contribution >= 4 is 23.9 Å². The molecule has 2 N–H and O–H groups in total. The van der Waals surface area contributed by atoms with Crippen LogP contribution in [0.25, 0.3) is 0 Å². The summed E-state index contributed by atoms with van der Waals surface area (Å²) >= 11 is 0. The van der Waals surface area contributed by atoms with Gasteiger partial charge in [-0.05, 0) is 57.8 Å². The second-order valence-corrected chi connectivity index (χ2v) is 8.24. The molecule has 6 heteroatoms. The quantitative estimate of drug-likeness (QED) is 0.191. The predicted molar refractivity (Wildman–Crippen MR) is 131 cm³/mol. The summed E-state index contributed by atoms with van der Waals surface area (Å²) < 4.78 is 0. The number of anilines is 2. The first kappa shape index (κ1) is 27.1. The molecule has 1 heterocycles. The van der Waals surface area contributed by atoms with Gasteiger partial charge in [0, 0.05) is 32.6 Å². The van der Waals surface area contributed by atoms with E-state index in [-0.39, 0.29) is 0 Å². The number of aldehydes is 2. The average molecular weight is 433 g/mol. The molecule has 31 heavy (non-hydrogen) atoms. The van der Waals surface area contributed by atoms with Crippen LogP contribution < -0.4 is 10.6 Å². The van der Waals surface area contributed by atoms with Gasteiger partial charge in [-0.15, -0.1) is 0 Å². The van der Waals surface area contributed by atoms with Gasteiger partial charge in [0.15, 0.2) is 0 Å². The summed E-state index contributed by atoms with van der Waals surface area (Å²) in [5.41, 5.74) is 2.14. The Kier molecular flexibility index (Phi) is 17.5. The Hall–Kier alpha value is -1.95. The van der Waals surface area contributed by atoms with Gasteiger partial charge < -0.3 is 25.1 Å². The molecule has 0 saturated heterocycles. The molecule has 1 rings (SSSR count). The number of hydrogen-bond donors (Lipinski definition) is 2. The van der Waals surface area contributed by atoms with Gasteiger partial charge in [-0.25, -0.2) is 0 Å².